The lowest BCUT2D eigenvalue weighted by atomic mass is 9.96. The molecule has 1 atom stereocenters. The third-order valence-electron chi connectivity index (χ3n) is 2.93. The zero-order valence-electron chi connectivity index (χ0n) is 8.79. The molecule has 1 unspecified atom stereocenters. The van der Waals surface area contributed by atoms with Crippen LogP contribution in [-0.2, 0) is 0 Å². The molecule has 0 saturated carbocycles. The lowest BCUT2D eigenvalue weighted by Crippen LogP contribution is -2.13. The average Bonchev–Trinajstić information content (AvgIpc) is 2.47. The maximum atomic E-state index is 4.52. The van der Waals surface area contributed by atoms with Crippen LogP contribution in [0, 0.1) is 6.92 Å². The molecule has 1 aromatic heterocycles. The standard InChI is InChI=1S/C12H18N2/c1-10-4-5-12(14-9-10)11-3-2-7-13-8-6-11/h4-5,9,11,13H,2-3,6-8H2,1H3. The molecule has 2 rings (SSSR count). The fourth-order valence-electron chi connectivity index (χ4n) is 2.04. The van der Waals surface area contributed by atoms with Crippen LogP contribution in [-0.4, -0.2) is 18.1 Å². The number of hydrogen-bond acceptors (Lipinski definition) is 2. The molecule has 1 N–H and O–H groups in total. The van der Waals surface area contributed by atoms with E-state index in [9.17, 15) is 0 Å². The lowest BCUT2D eigenvalue weighted by Gasteiger charge is -2.12. The van der Waals surface area contributed by atoms with Gasteiger partial charge in [-0.1, -0.05) is 6.07 Å². The van der Waals surface area contributed by atoms with Crippen molar-refractivity contribution in [3.63, 3.8) is 0 Å². The molecule has 0 bridgehead atoms. The summed E-state index contributed by atoms with van der Waals surface area (Å²) in [5, 5.41) is 3.43. The summed E-state index contributed by atoms with van der Waals surface area (Å²) in [6.45, 7) is 4.40. The van der Waals surface area contributed by atoms with Crippen LogP contribution < -0.4 is 5.32 Å². The zero-order valence-corrected chi connectivity index (χ0v) is 8.79. The monoisotopic (exact) mass is 190 g/mol. The smallest absolute Gasteiger partial charge is 0.0435 e. The van der Waals surface area contributed by atoms with Crippen molar-refractivity contribution in [2.75, 3.05) is 13.1 Å². The van der Waals surface area contributed by atoms with Gasteiger partial charge in [0.1, 0.15) is 0 Å². The molecule has 0 aromatic carbocycles. The molecule has 1 aliphatic rings. The second-order valence-corrected chi connectivity index (χ2v) is 4.14. The predicted octanol–water partition coefficient (Wildman–Crippen LogP) is 2.25. The summed E-state index contributed by atoms with van der Waals surface area (Å²) in [6, 6.07) is 4.35. The van der Waals surface area contributed by atoms with Crippen molar-refractivity contribution in [1.29, 1.82) is 0 Å². The Morgan fingerprint density at radius 1 is 1.29 bits per heavy atom. The van der Waals surface area contributed by atoms with Crippen molar-refractivity contribution in [2.45, 2.75) is 32.1 Å². The van der Waals surface area contributed by atoms with Crippen molar-refractivity contribution in [3.8, 4) is 0 Å². The molecular formula is C12H18N2. The van der Waals surface area contributed by atoms with Gasteiger partial charge >= 0.3 is 0 Å². The largest absolute Gasteiger partial charge is 0.317 e. The number of pyridine rings is 1. The van der Waals surface area contributed by atoms with Gasteiger partial charge in [0.15, 0.2) is 0 Å². The maximum Gasteiger partial charge on any atom is 0.0435 e. The van der Waals surface area contributed by atoms with Crippen molar-refractivity contribution in [3.05, 3.63) is 29.6 Å². The first-order valence-electron chi connectivity index (χ1n) is 5.49. The predicted molar refractivity (Wildman–Crippen MR) is 58.4 cm³/mol. The van der Waals surface area contributed by atoms with Gasteiger partial charge in [-0.2, -0.15) is 0 Å². The molecule has 1 aromatic rings. The summed E-state index contributed by atoms with van der Waals surface area (Å²) in [5.74, 6) is 0.672. The van der Waals surface area contributed by atoms with Gasteiger partial charge in [0.25, 0.3) is 0 Å². The molecule has 2 nitrogen and oxygen atoms in total. The van der Waals surface area contributed by atoms with E-state index in [4.69, 9.17) is 0 Å². The molecule has 14 heavy (non-hydrogen) atoms. The van der Waals surface area contributed by atoms with Crippen LogP contribution in [0.5, 0.6) is 0 Å². The first-order chi connectivity index (χ1) is 6.86. The molecule has 0 radical (unpaired) electrons. The topological polar surface area (TPSA) is 24.9 Å². The molecule has 1 saturated heterocycles. The summed E-state index contributed by atoms with van der Waals surface area (Å²) in [7, 11) is 0. The number of nitrogens with one attached hydrogen (secondary N) is 1. The average molecular weight is 190 g/mol. The summed E-state index contributed by atoms with van der Waals surface area (Å²) >= 11 is 0. The Morgan fingerprint density at radius 2 is 2.21 bits per heavy atom. The normalized spacial score (nSPS) is 23.1. The van der Waals surface area contributed by atoms with Crippen molar-refractivity contribution in [1.82, 2.24) is 10.3 Å². The first kappa shape index (κ1) is 9.66. The van der Waals surface area contributed by atoms with E-state index < -0.39 is 0 Å². The van der Waals surface area contributed by atoms with Gasteiger partial charge in [-0.15, -0.1) is 0 Å². The van der Waals surface area contributed by atoms with Gasteiger partial charge < -0.3 is 5.32 Å². The van der Waals surface area contributed by atoms with E-state index in [-0.39, 0.29) is 0 Å². The number of nitrogens with zero attached hydrogens (tertiary/aromatic N) is 1. The van der Waals surface area contributed by atoms with Gasteiger partial charge in [0.2, 0.25) is 0 Å². The Hall–Kier alpha value is -0.890. The first-order valence-corrected chi connectivity index (χ1v) is 5.49. The number of hydrogen-bond donors (Lipinski definition) is 1. The van der Waals surface area contributed by atoms with E-state index in [1.807, 2.05) is 6.20 Å². The van der Waals surface area contributed by atoms with Crippen molar-refractivity contribution in [2.24, 2.45) is 0 Å². The summed E-state index contributed by atoms with van der Waals surface area (Å²) in [4.78, 5) is 4.52. The highest BCUT2D eigenvalue weighted by atomic mass is 14.9. The summed E-state index contributed by atoms with van der Waals surface area (Å²) in [5.41, 5.74) is 2.53. The van der Waals surface area contributed by atoms with Crippen molar-refractivity contribution >= 4 is 0 Å². The van der Waals surface area contributed by atoms with Gasteiger partial charge in [0, 0.05) is 17.8 Å². The molecule has 1 fully saturated rings. The Kier molecular flexibility index (Phi) is 3.14. The van der Waals surface area contributed by atoms with Crippen LogP contribution in [0.4, 0.5) is 0 Å². The Balaban J connectivity index is 2.08. The van der Waals surface area contributed by atoms with Crippen LogP contribution in [0.2, 0.25) is 0 Å². The van der Waals surface area contributed by atoms with Gasteiger partial charge in [-0.05, 0) is 50.9 Å². The molecule has 0 spiro atoms. The summed E-state index contributed by atoms with van der Waals surface area (Å²) < 4.78 is 0. The van der Waals surface area contributed by atoms with Gasteiger partial charge in [-0.3, -0.25) is 4.98 Å². The number of aromatic nitrogens is 1. The highest BCUT2D eigenvalue weighted by molar-refractivity contribution is 5.15. The van der Waals surface area contributed by atoms with E-state index in [2.05, 4.69) is 29.4 Å². The van der Waals surface area contributed by atoms with Crippen LogP contribution in [0.1, 0.15) is 36.4 Å². The Bertz CT molecular complexity index is 271. The quantitative estimate of drug-likeness (QED) is 0.734. The minimum absolute atomic E-state index is 0.672. The number of rotatable bonds is 1. The van der Waals surface area contributed by atoms with Crippen molar-refractivity contribution < 1.29 is 0 Å². The van der Waals surface area contributed by atoms with Crippen LogP contribution in [0.3, 0.4) is 0 Å². The molecule has 0 aliphatic carbocycles. The van der Waals surface area contributed by atoms with Gasteiger partial charge in [0.05, 0.1) is 0 Å². The maximum absolute atomic E-state index is 4.52. The molecule has 1 aliphatic heterocycles. The highest BCUT2D eigenvalue weighted by Gasteiger charge is 2.14. The van der Waals surface area contributed by atoms with E-state index >= 15 is 0 Å². The summed E-state index contributed by atoms with van der Waals surface area (Å²) in [6.07, 6.45) is 5.77. The fourth-order valence-corrected chi connectivity index (χ4v) is 2.04. The van der Waals surface area contributed by atoms with E-state index in [0.29, 0.717) is 5.92 Å². The third-order valence-corrected chi connectivity index (χ3v) is 2.93. The van der Waals surface area contributed by atoms with Crippen LogP contribution in [0.15, 0.2) is 18.3 Å². The fraction of sp³-hybridized carbons (Fsp3) is 0.583. The molecule has 2 heteroatoms. The Labute approximate surface area is 85.7 Å². The van der Waals surface area contributed by atoms with E-state index in [1.54, 1.807) is 0 Å². The minimum atomic E-state index is 0.672. The third kappa shape index (κ3) is 2.32. The minimum Gasteiger partial charge on any atom is -0.317 e. The van der Waals surface area contributed by atoms with Gasteiger partial charge in [-0.25, -0.2) is 0 Å². The van der Waals surface area contributed by atoms with E-state index in [0.717, 1.165) is 6.54 Å². The van der Waals surface area contributed by atoms with Crippen LogP contribution >= 0.6 is 0 Å². The Morgan fingerprint density at radius 3 is 3.00 bits per heavy atom. The lowest BCUT2D eigenvalue weighted by molar-refractivity contribution is 0.593. The molecule has 76 valence electrons. The molecular weight excluding hydrogens is 172 g/mol. The molecule has 0 amide bonds. The highest BCUT2D eigenvalue weighted by Crippen LogP contribution is 2.24. The number of aryl methyl sites for hydroxylation is 1. The van der Waals surface area contributed by atoms with E-state index in [1.165, 1.54) is 37.1 Å². The van der Waals surface area contributed by atoms with Crippen LogP contribution in [0.25, 0.3) is 0 Å². The second-order valence-electron chi connectivity index (χ2n) is 4.14. The zero-order chi connectivity index (χ0) is 9.80. The second kappa shape index (κ2) is 4.56. The SMILES string of the molecule is Cc1ccc(C2CCCNCC2)nc1. The molecule has 2 heterocycles.